The minimum Gasteiger partial charge on any atom is -0.303 e. The minimum absolute atomic E-state index is 0.244. The van der Waals surface area contributed by atoms with Gasteiger partial charge < -0.3 is 5.32 Å². The summed E-state index contributed by atoms with van der Waals surface area (Å²) in [5, 5.41) is 7.30. The Kier molecular flexibility index (Phi) is 2.53. The summed E-state index contributed by atoms with van der Waals surface area (Å²) in [4.78, 5) is 4.55. The molecule has 1 aromatic heterocycles. The summed E-state index contributed by atoms with van der Waals surface area (Å²) >= 11 is 1.82. The first-order valence-corrected chi connectivity index (χ1v) is 6.95. The first kappa shape index (κ1) is 9.79. The molecule has 2 aliphatic carbocycles. The van der Waals surface area contributed by atoms with Gasteiger partial charge in [0, 0.05) is 17.6 Å². The smallest absolute Gasteiger partial charge is 0.113 e. The van der Waals surface area contributed by atoms with E-state index in [0.29, 0.717) is 0 Å². The number of rotatable bonds is 3. The standard InChI is InChI=1S/C12H18N2S/c1-2-6-12(7-3-1,14-10-4-5-10)11-13-8-9-15-11/h8-10,14H,1-7H2. The average molecular weight is 222 g/mol. The predicted octanol–water partition coefficient (Wildman–Crippen LogP) is 3.05. The highest BCUT2D eigenvalue weighted by Gasteiger charge is 2.40. The first-order valence-electron chi connectivity index (χ1n) is 6.07. The fourth-order valence-electron chi connectivity index (χ4n) is 2.65. The van der Waals surface area contributed by atoms with Crippen LogP contribution in [0.25, 0.3) is 0 Å². The zero-order valence-electron chi connectivity index (χ0n) is 9.04. The van der Waals surface area contributed by atoms with Crippen molar-refractivity contribution in [3.63, 3.8) is 0 Å². The van der Waals surface area contributed by atoms with Gasteiger partial charge in [-0.25, -0.2) is 4.98 Å². The molecule has 0 atom stereocenters. The normalized spacial score (nSPS) is 25.3. The monoisotopic (exact) mass is 222 g/mol. The van der Waals surface area contributed by atoms with E-state index in [9.17, 15) is 0 Å². The highest BCUT2D eigenvalue weighted by atomic mass is 32.1. The van der Waals surface area contributed by atoms with Gasteiger partial charge in [-0.2, -0.15) is 0 Å². The maximum atomic E-state index is 4.55. The van der Waals surface area contributed by atoms with Crippen molar-refractivity contribution >= 4 is 11.3 Å². The van der Waals surface area contributed by atoms with Crippen molar-refractivity contribution < 1.29 is 0 Å². The van der Waals surface area contributed by atoms with Gasteiger partial charge in [-0.15, -0.1) is 11.3 Å². The molecule has 2 aliphatic rings. The van der Waals surface area contributed by atoms with Crippen LogP contribution in [0.3, 0.4) is 0 Å². The molecule has 0 aromatic carbocycles. The van der Waals surface area contributed by atoms with Gasteiger partial charge in [-0.3, -0.25) is 0 Å². The first-order chi connectivity index (χ1) is 7.39. The van der Waals surface area contributed by atoms with E-state index in [-0.39, 0.29) is 5.54 Å². The zero-order chi connectivity index (χ0) is 10.1. The molecule has 0 aliphatic heterocycles. The lowest BCUT2D eigenvalue weighted by Gasteiger charge is -2.36. The Morgan fingerprint density at radius 1 is 1.27 bits per heavy atom. The zero-order valence-corrected chi connectivity index (χ0v) is 9.85. The summed E-state index contributed by atoms with van der Waals surface area (Å²) in [7, 11) is 0. The SMILES string of the molecule is c1csc(C2(NC3CC3)CCCCC2)n1. The molecule has 3 rings (SSSR count). The van der Waals surface area contributed by atoms with E-state index in [0.717, 1.165) is 6.04 Å². The molecule has 0 bridgehead atoms. The molecular formula is C12H18N2S. The van der Waals surface area contributed by atoms with Crippen molar-refractivity contribution in [2.75, 3.05) is 0 Å². The van der Waals surface area contributed by atoms with E-state index >= 15 is 0 Å². The van der Waals surface area contributed by atoms with E-state index in [1.54, 1.807) is 0 Å². The molecule has 0 amide bonds. The summed E-state index contributed by atoms with van der Waals surface area (Å²) in [6, 6.07) is 0.784. The maximum Gasteiger partial charge on any atom is 0.113 e. The fourth-order valence-corrected chi connectivity index (χ4v) is 3.51. The van der Waals surface area contributed by atoms with Crippen molar-refractivity contribution in [1.29, 1.82) is 0 Å². The minimum atomic E-state index is 0.244. The lowest BCUT2D eigenvalue weighted by atomic mass is 9.82. The molecule has 0 unspecified atom stereocenters. The average Bonchev–Trinajstić information content (AvgIpc) is 2.91. The molecule has 1 N–H and O–H groups in total. The van der Waals surface area contributed by atoms with Crippen molar-refractivity contribution in [2.45, 2.75) is 56.5 Å². The second kappa shape index (κ2) is 3.87. The van der Waals surface area contributed by atoms with Crippen LogP contribution in [0, 0.1) is 0 Å². The third kappa shape index (κ3) is 1.95. The van der Waals surface area contributed by atoms with E-state index in [2.05, 4.69) is 15.7 Å². The molecule has 2 nitrogen and oxygen atoms in total. The third-order valence-corrected chi connectivity index (χ3v) is 4.58. The summed E-state index contributed by atoms with van der Waals surface area (Å²) in [5.41, 5.74) is 0.244. The molecule has 0 radical (unpaired) electrons. The Bertz CT molecular complexity index is 310. The van der Waals surface area contributed by atoms with Crippen LogP contribution in [-0.2, 0) is 5.54 Å². The van der Waals surface area contributed by atoms with Crippen LogP contribution in [0.2, 0.25) is 0 Å². The molecule has 1 heterocycles. The quantitative estimate of drug-likeness (QED) is 0.850. The lowest BCUT2D eigenvalue weighted by molar-refractivity contribution is 0.230. The summed E-state index contributed by atoms with van der Waals surface area (Å²) in [6.45, 7) is 0. The Balaban J connectivity index is 1.84. The van der Waals surface area contributed by atoms with Crippen molar-refractivity contribution in [3.05, 3.63) is 16.6 Å². The van der Waals surface area contributed by atoms with Crippen LogP contribution < -0.4 is 5.32 Å². The summed E-state index contributed by atoms with van der Waals surface area (Å²) in [5.74, 6) is 0. The molecule has 0 saturated heterocycles. The van der Waals surface area contributed by atoms with Crippen LogP contribution in [0.4, 0.5) is 0 Å². The van der Waals surface area contributed by atoms with Gasteiger partial charge in [0.05, 0.1) is 5.54 Å². The van der Waals surface area contributed by atoms with Crippen LogP contribution in [-0.4, -0.2) is 11.0 Å². The lowest BCUT2D eigenvalue weighted by Crippen LogP contribution is -2.45. The predicted molar refractivity (Wildman–Crippen MR) is 63.0 cm³/mol. The van der Waals surface area contributed by atoms with Crippen molar-refractivity contribution in [3.8, 4) is 0 Å². The Morgan fingerprint density at radius 2 is 2.07 bits per heavy atom. The van der Waals surface area contributed by atoms with E-state index in [1.165, 1.54) is 50.0 Å². The highest BCUT2D eigenvalue weighted by molar-refractivity contribution is 7.09. The third-order valence-electron chi connectivity index (χ3n) is 3.61. The molecule has 0 spiro atoms. The van der Waals surface area contributed by atoms with Gasteiger partial charge in [0.2, 0.25) is 0 Å². The van der Waals surface area contributed by atoms with Gasteiger partial charge >= 0.3 is 0 Å². The van der Waals surface area contributed by atoms with E-state index in [4.69, 9.17) is 0 Å². The van der Waals surface area contributed by atoms with Gasteiger partial charge in [0.15, 0.2) is 0 Å². The number of aromatic nitrogens is 1. The second-order valence-electron chi connectivity index (χ2n) is 4.90. The Labute approximate surface area is 95.1 Å². The Hall–Kier alpha value is -0.410. The topological polar surface area (TPSA) is 24.9 Å². The maximum absolute atomic E-state index is 4.55. The molecule has 82 valence electrons. The second-order valence-corrected chi connectivity index (χ2v) is 5.79. The highest BCUT2D eigenvalue weighted by Crippen LogP contribution is 2.40. The fraction of sp³-hybridized carbons (Fsp3) is 0.750. The number of thiazole rings is 1. The molecule has 2 fully saturated rings. The van der Waals surface area contributed by atoms with Crippen LogP contribution in [0.5, 0.6) is 0 Å². The summed E-state index contributed by atoms with van der Waals surface area (Å²) in [6.07, 6.45) is 11.4. The van der Waals surface area contributed by atoms with E-state index in [1.807, 2.05) is 17.5 Å². The van der Waals surface area contributed by atoms with E-state index < -0.39 is 0 Å². The van der Waals surface area contributed by atoms with Crippen molar-refractivity contribution in [2.24, 2.45) is 0 Å². The summed E-state index contributed by atoms with van der Waals surface area (Å²) < 4.78 is 0. The van der Waals surface area contributed by atoms with Gasteiger partial charge in [0.25, 0.3) is 0 Å². The number of nitrogens with zero attached hydrogens (tertiary/aromatic N) is 1. The van der Waals surface area contributed by atoms with Crippen LogP contribution >= 0.6 is 11.3 Å². The Morgan fingerprint density at radius 3 is 2.67 bits per heavy atom. The number of nitrogens with one attached hydrogen (secondary N) is 1. The van der Waals surface area contributed by atoms with Crippen LogP contribution in [0.1, 0.15) is 50.0 Å². The molecule has 1 aromatic rings. The van der Waals surface area contributed by atoms with Gasteiger partial charge in [0.1, 0.15) is 5.01 Å². The number of hydrogen-bond donors (Lipinski definition) is 1. The van der Waals surface area contributed by atoms with Gasteiger partial charge in [-0.05, 0) is 25.7 Å². The largest absolute Gasteiger partial charge is 0.303 e. The van der Waals surface area contributed by atoms with Gasteiger partial charge in [-0.1, -0.05) is 19.3 Å². The molecule has 3 heteroatoms. The number of hydrogen-bond acceptors (Lipinski definition) is 3. The van der Waals surface area contributed by atoms with Crippen LogP contribution in [0.15, 0.2) is 11.6 Å². The molecule has 2 saturated carbocycles. The molecule has 15 heavy (non-hydrogen) atoms. The molecular weight excluding hydrogens is 204 g/mol. The van der Waals surface area contributed by atoms with Crippen molar-refractivity contribution in [1.82, 2.24) is 10.3 Å².